The van der Waals surface area contributed by atoms with Crippen molar-refractivity contribution in [1.29, 1.82) is 0 Å². The Morgan fingerprint density at radius 2 is 2.07 bits per heavy atom. The van der Waals surface area contributed by atoms with Gasteiger partial charge >= 0.3 is 0 Å². The summed E-state index contributed by atoms with van der Waals surface area (Å²) in [5, 5.41) is 12.3. The molecule has 0 spiro atoms. The predicted molar refractivity (Wildman–Crippen MR) is 111 cm³/mol. The van der Waals surface area contributed by atoms with Crippen LogP contribution < -0.4 is 10.1 Å². The summed E-state index contributed by atoms with van der Waals surface area (Å²) in [6.45, 7) is 3.55. The van der Waals surface area contributed by atoms with Gasteiger partial charge in [0.2, 0.25) is 21.8 Å². The van der Waals surface area contributed by atoms with Gasteiger partial charge in [0.1, 0.15) is 4.90 Å². The SMILES string of the molecule is C=CC(=O)NC1CC(CO)N(S(=O)(=O)c2ccc(OCCc3ccccc3)nc2)C1. The van der Waals surface area contributed by atoms with Gasteiger partial charge in [-0.15, -0.1) is 0 Å². The Morgan fingerprint density at radius 1 is 1.30 bits per heavy atom. The zero-order chi connectivity index (χ0) is 21.6. The summed E-state index contributed by atoms with van der Waals surface area (Å²) < 4.78 is 32.8. The third-order valence-corrected chi connectivity index (χ3v) is 6.81. The van der Waals surface area contributed by atoms with E-state index in [1.54, 1.807) is 0 Å². The number of benzene rings is 1. The van der Waals surface area contributed by atoms with Crippen LogP contribution in [0, 0.1) is 0 Å². The molecule has 2 unspecified atom stereocenters. The molecular weight excluding hydrogens is 406 g/mol. The number of aromatic nitrogens is 1. The van der Waals surface area contributed by atoms with E-state index in [9.17, 15) is 18.3 Å². The Hall–Kier alpha value is -2.75. The summed E-state index contributed by atoms with van der Waals surface area (Å²) in [5.74, 6) is -0.0456. The summed E-state index contributed by atoms with van der Waals surface area (Å²) in [7, 11) is -3.88. The monoisotopic (exact) mass is 431 g/mol. The van der Waals surface area contributed by atoms with Gasteiger partial charge in [0.05, 0.1) is 25.5 Å². The molecular formula is C21H25N3O5S. The third kappa shape index (κ3) is 5.24. The van der Waals surface area contributed by atoms with Crippen molar-refractivity contribution in [2.75, 3.05) is 19.8 Å². The van der Waals surface area contributed by atoms with Crippen LogP contribution in [0.2, 0.25) is 0 Å². The molecule has 0 bridgehead atoms. The summed E-state index contributed by atoms with van der Waals surface area (Å²) in [4.78, 5) is 15.6. The van der Waals surface area contributed by atoms with Crippen LogP contribution in [0.1, 0.15) is 12.0 Å². The smallest absolute Gasteiger partial charge is 0.245 e. The molecule has 1 aliphatic heterocycles. The van der Waals surface area contributed by atoms with E-state index in [1.165, 1.54) is 22.6 Å². The maximum atomic E-state index is 13.0. The second-order valence-electron chi connectivity index (χ2n) is 6.97. The predicted octanol–water partition coefficient (Wildman–Crippen LogP) is 1.13. The lowest BCUT2D eigenvalue weighted by molar-refractivity contribution is -0.117. The van der Waals surface area contributed by atoms with Gasteiger partial charge in [0.15, 0.2) is 0 Å². The Bertz CT molecular complexity index is 964. The van der Waals surface area contributed by atoms with Crippen LogP contribution in [0.15, 0.2) is 66.2 Å². The minimum atomic E-state index is -3.88. The number of amides is 1. The molecule has 2 atom stereocenters. The summed E-state index contributed by atoms with van der Waals surface area (Å²) >= 11 is 0. The second kappa shape index (κ2) is 9.84. The van der Waals surface area contributed by atoms with Crippen LogP contribution in [0.3, 0.4) is 0 Å². The van der Waals surface area contributed by atoms with Crippen molar-refractivity contribution in [3.05, 3.63) is 66.9 Å². The number of aliphatic hydroxyl groups excluding tert-OH is 1. The van der Waals surface area contributed by atoms with Gasteiger partial charge in [-0.05, 0) is 24.1 Å². The fourth-order valence-electron chi connectivity index (χ4n) is 3.37. The van der Waals surface area contributed by atoms with E-state index in [0.29, 0.717) is 25.3 Å². The van der Waals surface area contributed by atoms with Crippen LogP contribution in [0.4, 0.5) is 0 Å². The number of sulfonamides is 1. The molecule has 1 fully saturated rings. The highest BCUT2D eigenvalue weighted by Gasteiger charge is 2.40. The molecule has 0 radical (unpaired) electrons. The van der Waals surface area contributed by atoms with E-state index in [4.69, 9.17) is 4.74 Å². The van der Waals surface area contributed by atoms with Gasteiger partial charge in [-0.3, -0.25) is 4.79 Å². The van der Waals surface area contributed by atoms with Gasteiger partial charge in [0, 0.05) is 25.1 Å². The average molecular weight is 432 g/mol. The maximum Gasteiger partial charge on any atom is 0.245 e. The number of ether oxygens (including phenoxy) is 1. The fraction of sp³-hybridized carbons (Fsp3) is 0.333. The highest BCUT2D eigenvalue weighted by molar-refractivity contribution is 7.89. The molecule has 2 N–H and O–H groups in total. The Kier molecular flexibility index (Phi) is 7.20. The minimum absolute atomic E-state index is 0.00653. The number of hydrogen-bond acceptors (Lipinski definition) is 6. The summed E-state index contributed by atoms with van der Waals surface area (Å²) in [6, 6.07) is 11.8. The molecule has 1 aromatic carbocycles. The molecule has 0 aliphatic carbocycles. The van der Waals surface area contributed by atoms with Crippen LogP contribution in [0.5, 0.6) is 5.88 Å². The van der Waals surface area contributed by atoms with Crippen molar-refractivity contribution in [1.82, 2.24) is 14.6 Å². The van der Waals surface area contributed by atoms with Crippen molar-refractivity contribution in [3.63, 3.8) is 0 Å². The largest absolute Gasteiger partial charge is 0.477 e. The van der Waals surface area contributed by atoms with Gasteiger partial charge in [0.25, 0.3) is 0 Å². The van der Waals surface area contributed by atoms with Crippen LogP contribution >= 0.6 is 0 Å². The average Bonchev–Trinajstić information content (AvgIpc) is 3.18. The van der Waals surface area contributed by atoms with Gasteiger partial charge in [-0.1, -0.05) is 36.9 Å². The lowest BCUT2D eigenvalue weighted by Gasteiger charge is -2.22. The molecule has 2 heterocycles. The molecule has 160 valence electrons. The lowest BCUT2D eigenvalue weighted by Crippen LogP contribution is -2.39. The Morgan fingerprint density at radius 3 is 2.70 bits per heavy atom. The summed E-state index contributed by atoms with van der Waals surface area (Å²) in [5.41, 5.74) is 1.14. The van der Waals surface area contributed by atoms with Crippen molar-refractivity contribution in [2.24, 2.45) is 0 Å². The third-order valence-electron chi connectivity index (χ3n) is 4.91. The molecule has 2 aromatic rings. The zero-order valence-electron chi connectivity index (χ0n) is 16.5. The van der Waals surface area contributed by atoms with Crippen molar-refractivity contribution < 1.29 is 23.1 Å². The number of pyridine rings is 1. The van der Waals surface area contributed by atoms with Crippen LogP contribution in [-0.4, -0.2) is 60.6 Å². The van der Waals surface area contributed by atoms with E-state index in [-0.39, 0.29) is 24.0 Å². The number of aliphatic hydroxyl groups is 1. The molecule has 1 aliphatic rings. The fourth-order valence-corrected chi connectivity index (χ4v) is 4.99. The molecule has 8 nitrogen and oxygen atoms in total. The van der Waals surface area contributed by atoms with Crippen LogP contribution in [0.25, 0.3) is 0 Å². The first-order valence-electron chi connectivity index (χ1n) is 9.62. The van der Waals surface area contributed by atoms with Crippen LogP contribution in [-0.2, 0) is 21.2 Å². The number of carbonyl (C=O) groups is 1. The first-order chi connectivity index (χ1) is 14.4. The molecule has 1 amide bonds. The Labute approximate surface area is 176 Å². The highest BCUT2D eigenvalue weighted by atomic mass is 32.2. The molecule has 9 heteroatoms. The number of hydrogen-bond donors (Lipinski definition) is 2. The highest BCUT2D eigenvalue weighted by Crippen LogP contribution is 2.26. The minimum Gasteiger partial charge on any atom is -0.477 e. The maximum absolute atomic E-state index is 13.0. The van der Waals surface area contributed by atoms with Gasteiger partial charge in [-0.2, -0.15) is 4.31 Å². The van der Waals surface area contributed by atoms with Crippen molar-refractivity contribution in [3.8, 4) is 5.88 Å². The number of nitrogens with one attached hydrogen (secondary N) is 1. The van der Waals surface area contributed by atoms with E-state index in [0.717, 1.165) is 11.6 Å². The molecule has 0 saturated carbocycles. The first-order valence-corrected chi connectivity index (χ1v) is 11.1. The van der Waals surface area contributed by atoms with E-state index < -0.39 is 22.1 Å². The zero-order valence-corrected chi connectivity index (χ0v) is 17.3. The molecule has 3 rings (SSSR count). The lowest BCUT2D eigenvalue weighted by atomic mass is 10.2. The van der Waals surface area contributed by atoms with Crippen molar-refractivity contribution in [2.45, 2.75) is 29.8 Å². The number of rotatable bonds is 9. The second-order valence-corrected chi connectivity index (χ2v) is 8.86. The molecule has 1 saturated heterocycles. The normalized spacial score (nSPS) is 19.4. The topological polar surface area (TPSA) is 109 Å². The Balaban J connectivity index is 1.63. The van der Waals surface area contributed by atoms with Crippen molar-refractivity contribution >= 4 is 15.9 Å². The molecule has 1 aromatic heterocycles. The number of nitrogens with zero attached hydrogens (tertiary/aromatic N) is 2. The van der Waals surface area contributed by atoms with Gasteiger partial charge in [-0.25, -0.2) is 13.4 Å². The number of carbonyl (C=O) groups excluding carboxylic acids is 1. The quantitative estimate of drug-likeness (QED) is 0.576. The standard InChI is InChI=1S/C21H25N3O5S/c1-2-20(26)23-17-12-18(15-25)24(14-17)30(27,28)19-8-9-21(22-13-19)29-11-10-16-6-4-3-5-7-16/h2-9,13,17-18,25H,1,10-12,14-15H2,(H,23,26). The van der Waals surface area contributed by atoms with E-state index in [1.807, 2.05) is 30.3 Å². The van der Waals surface area contributed by atoms with Gasteiger partial charge < -0.3 is 15.2 Å². The molecule has 30 heavy (non-hydrogen) atoms. The van der Waals surface area contributed by atoms with E-state index >= 15 is 0 Å². The first kappa shape index (κ1) is 21.9. The van der Waals surface area contributed by atoms with E-state index in [2.05, 4.69) is 16.9 Å². The summed E-state index contributed by atoms with van der Waals surface area (Å²) in [6.07, 6.45) is 3.42.